The van der Waals surface area contributed by atoms with Gasteiger partial charge in [-0.1, -0.05) is 0 Å². The molecule has 0 heterocycles. The molecule has 0 N–H and O–H groups in total. The Hall–Kier alpha value is 1.27. The van der Waals surface area contributed by atoms with Crippen molar-refractivity contribution >= 4 is 30.2 Å². The zero-order valence-electron chi connectivity index (χ0n) is 14.5. The van der Waals surface area contributed by atoms with Crippen LogP contribution in [0, 0.1) is 0 Å². The molecule has 0 aliphatic carbocycles. The zero-order valence-corrected chi connectivity index (χ0v) is 18.7. The van der Waals surface area contributed by atoms with Crippen molar-refractivity contribution < 1.29 is 0 Å². The number of halogens is 1. The summed E-state index contributed by atoms with van der Waals surface area (Å²) in [6.07, 6.45) is 17.6. The molecule has 0 spiro atoms. The van der Waals surface area contributed by atoms with E-state index in [1.54, 1.807) is 35.0 Å². The van der Waals surface area contributed by atoms with Crippen molar-refractivity contribution in [2.45, 2.75) is 114 Å². The molecule has 0 nitrogen and oxygen atoms in total. The summed E-state index contributed by atoms with van der Waals surface area (Å²) in [4.78, 5) is 0. The van der Waals surface area contributed by atoms with Crippen LogP contribution in [0.4, 0.5) is 0 Å². The van der Waals surface area contributed by atoms with Gasteiger partial charge in [-0.2, -0.15) is 0 Å². The minimum absolute atomic E-state index is 1.38. The van der Waals surface area contributed by atoms with E-state index in [0.29, 0.717) is 0 Å². The van der Waals surface area contributed by atoms with Crippen LogP contribution in [0.1, 0.15) is 97.8 Å². The normalized spacial score (nSPS) is 12.0. The molecule has 2 heteroatoms. The summed E-state index contributed by atoms with van der Waals surface area (Å²) in [5.74, 6) is 0. The molecule has 122 valence electrons. The summed E-state index contributed by atoms with van der Waals surface area (Å²) in [5, 5.41) is 4.95. The van der Waals surface area contributed by atoms with Crippen molar-refractivity contribution in [3.8, 4) is 0 Å². The van der Waals surface area contributed by atoms with E-state index in [2.05, 4.69) is 41.0 Å². The van der Waals surface area contributed by atoms with Gasteiger partial charge in [0.1, 0.15) is 0 Å². The molecule has 0 fully saturated rings. The number of hydrogen-bond donors (Lipinski definition) is 0. The van der Waals surface area contributed by atoms with Crippen molar-refractivity contribution in [2.75, 3.05) is 0 Å². The third-order valence-corrected chi connectivity index (χ3v) is 20.7. The van der Waals surface area contributed by atoms with Gasteiger partial charge in [-0.15, -0.1) is 0 Å². The van der Waals surface area contributed by atoms with E-state index >= 15 is 0 Å². The third kappa shape index (κ3) is 13.0. The van der Waals surface area contributed by atoms with Gasteiger partial charge in [-0.25, -0.2) is 0 Å². The summed E-state index contributed by atoms with van der Waals surface area (Å²) in [6.45, 7) is 6.98. The summed E-state index contributed by atoms with van der Waals surface area (Å²) >= 11 is 3.02. The van der Waals surface area contributed by atoms with Gasteiger partial charge in [-0.3, -0.25) is 0 Å². The average molecular weight is 455 g/mol. The molecule has 0 aromatic rings. The topological polar surface area (TPSA) is 0 Å². The third-order valence-electron chi connectivity index (χ3n) is 4.44. The van der Waals surface area contributed by atoms with Crippen LogP contribution in [0.5, 0.6) is 0 Å². The van der Waals surface area contributed by atoms with Crippen LogP contribution in [0.25, 0.3) is 0 Å². The molecule has 0 aromatic heterocycles. The van der Waals surface area contributed by atoms with E-state index in [0.717, 1.165) is 0 Å². The Labute approximate surface area is 143 Å². The standard InChI is InChI=1S/C18H39GeI/c1-4-7-10-13-16-19(20,17-14-11-8-5-2)18-15-12-9-6-3/h4-18H2,1-3H3. The number of hydrogen-bond acceptors (Lipinski definition) is 0. The van der Waals surface area contributed by atoms with Gasteiger partial charge in [0.05, 0.1) is 0 Å². The first kappa shape index (κ1) is 21.3. The quantitative estimate of drug-likeness (QED) is 0.133. The SMILES string of the molecule is CCCCC[CH2][Ge]([I])([CH2]CCCCC)[CH2]CCCCC. The fourth-order valence-corrected chi connectivity index (χ4v) is 16.1. The van der Waals surface area contributed by atoms with Gasteiger partial charge in [0.2, 0.25) is 0 Å². The molecule has 0 radical (unpaired) electrons. The first-order valence-electron chi connectivity index (χ1n) is 9.37. The monoisotopic (exact) mass is 456 g/mol. The molecule has 20 heavy (non-hydrogen) atoms. The van der Waals surface area contributed by atoms with Crippen LogP contribution < -0.4 is 0 Å². The second kappa shape index (κ2) is 15.2. The molecule has 0 saturated heterocycles. The maximum atomic E-state index is 3.02. The molecule has 0 aromatic carbocycles. The van der Waals surface area contributed by atoms with Gasteiger partial charge < -0.3 is 0 Å². The summed E-state index contributed by atoms with van der Waals surface area (Å²) in [5.41, 5.74) is 0. The van der Waals surface area contributed by atoms with Gasteiger partial charge in [0.25, 0.3) is 0 Å². The molecule has 0 rings (SSSR count). The maximum absolute atomic E-state index is 3.02. The van der Waals surface area contributed by atoms with Crippen LogP contribution in [0.15, 0.2) is 0 Å². The van der Waals surface area contributed by atoms with Gasteiger partial charge in [0.15, 0.2) is 0 Å². The van der Waals surface area contributed by atoms with E-state index < -0.39 is 9.96 Å². The van der Waals surface area contributed by atoms with Crippen LogP contribution in [0.3, 0.4) is 0 Å². The number of rotatable bonds is 15. The Balaban J connectivity index is 3.98. The fourth-order valence-electron chi connectivity index (χ4n) is 2.98. The molecular weight excluding hydrogens is 416 g/mol. The molecule has 0 saturated carbocycles. The predicted molar refractivity (Wildman–Crippen MR) is 107 cm³/mol. The summed E-state index contributed by atoms with van der Waals surface area (Å²) in [6, 6.07) is 0. The molecule has 0 aliphatic rings. The second-order valence-corrected chi connectivity index (χ2v) is 26.5. The first-order valence-corrected chi connectivity index (χ1v) is 20.2. The van der Waals surface area contributed by atoms with Crippen molar-refractivity contribution in [2.24, 2.45) is 0 Å². The van der Waals surface area contributed by atoms with E-state index in [-0.39, 0.29) is 0 Å². The van der Waals surface area contributed by atoms with E-state index in [9.17, 15) is 0 Å². The van der Waals surface area contributed by atoms with Gasteiger partial charge in [0, 0.05) is 0 Å². The van der Waals surface area contributed by atoms with Crippen LogP contribution in [0.2, 0.25) is 15.8 Å². The van der Waals surface area contributed by atoms with Crippen LogP contribution in [-0.2, 0) is 0 Å². The summed E-state index contributed by atoms with van der Waals surface area (Å²) < 4.78 is 0. The molecular formula is C18H39GeI. The molecule has 0 unspecified atom stereocenters. The summed E-state index contributed by atoms with van der Waals surface area (Å²) in [7, 11) is -1.47. The zero-order chi connectivity index (χ0) is 15.1. The Morgan fingerprint density at radius 2 is 0.800 bits per heavy atom. The first-order chi connectivity index (χ1) is 9.68. The molecule has 0 atom stereocenters. The fraction of sp³-hybridized carbons (Fsp3) is 1.00. The van der Waals surface area contributed by atoms with Crippen molar-refractivity contribution in [1.29, 1.82) is 0 Å². The Kier molecular flexibility index (Phi) is 16.1. The Morgan fingerprint density at radius 3 is 1.05 bits per heavy atom. The second-order valence-electron chi connectivity index (χ2n) is 6.58. The number of unbranched alkanes of at least 4 members (excludes halogenated alkanes) is 9. The van der Waals surface area contributed by atoms with Crippen molar-refractivity contribution in [1.82, 2.24) is 0 Å². The van der Waals surface area contributed by atoms with E-state index in [1.807, 2.05) is 0 Å². The molecule has 0 amide bonds. The van der Waals surface area contributed by atoms with E-state index in [1.165, 1.54) is 57.8 Å². The van der Waals surface area contributed by atoms with E-state index in [4.69, 9.17) is 0 Å². The van der Waals surface area contributed by atoms with Crippen LogP contribution >= 0.6 is 20.2 Å². The Bertz CT molecular complexity index is 163. The predicted octanol–water partition coefficient (Wildman–Crippen LogP) is 8.11. The Morgan fingerprint density at radius 1 is 0.500 bits per heavy atom. The van der Waals surface area contributed by atoms with Crippen molar-refractivity contribution in [3.05, 3.63) is 0 Å². The van der Waals surface area contributed by atoms with Gasteiger partial charge in [-0.05, 0) is 0 Å². The average Bonchev–Trinajstić information content (AvgIpc) is 2.45. The molecule has 0 aliphatic heterocycles. The molecule has 0 bridgehead atoms. The van der Waals surface area contributed by atoms with Gasteiger partial charge >= 0.3 is 144 Å². The van der Waals surface area contributed by atoms with Crippen LogP contribution in [-0.4, -0.2) is 9.96 Å². The van der Waals surface area contributed by atoms with Crippen molar-refractivity contribution in [3.63, 3.8) is 0 Å². The minimum atomic E-state index is -1.47.